The van der Waals surface area contributed by atoms with Crippen molar-refractivity contribution in [1.82, 2.24) is 0 Å². The summed E-state index contributed by atoms with van der Waals surface area (Å²) in [5, 5.41) is 0.260. The normalized spacial score (nSPS) is 15.1. The molecular weight excluding hydrogens is 521 g/mol. The predicted molar refractivity (Wildman–Crippen MR) is 174 cm³/mol. The fraction of sp³-hybridized carbons (Fsp3) is 0.727. The summed E-state index contributed by atoms with van der Waals surface area (Å²) in [6.45, 7) is 24.9. The predicted octanol–water partition coefficient (Wildman–Crippen LogP) is 9.75. The average molecular weight is 581 g/mol. The summed E-state index contributed by atoms with van der Waals surface area (Å²) < 4.78 is 18.1. The minimum absolute atomic E-state index is 0.0546. The zero-order chi connectivity index (χ0) is 30.2. The number of unbranched alkanes of at least 4 members (excludes halogenated alkanes) is 3. The van der Waals surface area contributed by atoms with Crippen molar-refractivity contribution in [3.05, 3.63) is 36.5 Å². The van der Waals surface area contributed by atoms with Crippen LogP contribution >= 0.6 is 0 Å². The zero-order valence-electron chi connectivity index (χ0n) is 27.4. The van der Waals surface area contributed by atoms with Crippen LogP contribution in [-0.2, 0) is 18.4 Å². The third kappa shape index (κ3) is 16.5. The molecule has 0 rings (SSSR count). The van der Waals surface area contributed by atoms with E-state index in [4.69, 9.17) is 13.6 Å². The zero-order valence-corrected chi connectivity index (χ0v) is 29.4. The maximum atomic E-state index is 11.6. The molecule has 0 aromatic rings. The lowest BCUT2D eigenvalue weighted by atomic mass is 10.2. The first kappa shape index (κ1) is 37.6. The Morgan fingerprint density at radius 2 is 1.49 bits per heavy atom. The van der Waals surface area contributed by atoms with Crippen LogP contribution in [-0.4, -0.2) is 41.9 Å². The highest BCUT2D eigenvalue weighted by Gasteiger charge is 2.39. The monoisotopic (exact) mass is 580 g/mol. The van der Waals surface area contributed by atoms with Gasteiger partial charge in [-0.1, -0.05) is 104 Å². The molecule has 0 aliphatic heterocycles. The van der Waals surface area contributed by atoms with Gasteiger partial charge in [0.25, 0.3) is 0 Å². The fourth-order valence-corrected chi connectivity index (χ4v) is 5.77. The lowest BCUT2D eigenvalue weighted by Crippen LogP contribution is -2.43. The standard InChI is InChI=1S/C33H60O4Si2/c1-13-14-15-16-17-20-24-29(36-38(9,10)32(2,3)4)25-21-18-19-22-26-30(27-23-28-31(34)35-8)37-39(11,12)33(5,6)7/h17-21,25,29-30H,13-16,23-24,27-28H2,1-12H3/b19-18+,20-17-,25-21+/i21+1,22+1,25+1,26+1. The van der Waals surface area contributed by atoms with Gasteiger partial charge in [0, 0.05) is 6.42 Å². The second-order valence-electron chi connectivity index (χ2n) is 13.5. The van der Waals surface area contributed by atoms with Crippen LogP contribution in [0.3, 0.4) is 0 Å². The van der Waals surface area contributed by atoms with E-state index in [0.717, 1.165) is 12.8 Å². The fourth-order valence-electron chi connectivity index (χ4n) is 3.24. The lowest BCUT2D eigenvalue weighted by Gasteiger charge is -2.38. The van der Waals surface area contributed by atoms with Crippen molar-refractivity contribution < 1.29 is 18.4 Å². The van der Waals surface area contributed by atoms with Crippen molar-refractivity contribution in [3.8, 4) is 11.8 Å². The van der Waals surface area contributed by atoms with E-state index in [1.54, 1.807) is 0 Å². The molecule has 0 N–H and O–H groups in total. The number of ether oxygens (including phenoxy) is 1. The summed E-state index contributed by atoms with van der Waals surface area (Å²) in [7, 11) is -2.44. The van der Waals surface area contributed by atoms with Gasteiger partial charge in [0.1, 0.15) is 6.10 Å². The van der Waals surface area contributed by atoms with Crippen molar-refractivity contribution in [3.63, 3.8) is 0 Å². The van der Waals surface area contributed by atoms with Crippen molar-refractivity contribution in [2.75, 3.05) is 7.11 Å². The second-order valence-corrected chi connectivity index (χ2v) is 23.0. The van der Waals surface area contributed by atoms with E-state index in [1.807, 2.05) is 12.2 Å². The summed E-state index contributed by atoms with van der Waals surface area (Å²) in [6.07, 6.45) is 20.1. The first-order valence-electron chi connectivity index (χ1n) is 14.9. The quantitative estimate of drug-likeness (QED) is 0.0347. The van der Waals surface area contributed by atoms with Crippen LogP contribution in [0.5, 0.6) is 0 Å². The maximum Gasteiger partial charge on any atom is 0.305 e. The van der Waals surface area contributed by atoms with Gasteiger partial charge in [-0.3, -0.25) is 4.79 Å². The third-order valence-electron chi connectivity index (χ3n) is 7.94. The Balaban J connectivity index is 5.46. The largest absolute Gasteiger partial charge is 0.469 e. The molecule has 0 spiro atoms. The highest BCUT2D eigenvalue weighted by Crippen LogP contribution is 2.38. The van der Waals surface area contributed by atoms with Gasteiger partial charge in [-0.15, -0.1) is 0 Å². The SMILES string of the molecule is CCCCC/C=C\CC(/[13CH]=[13CH]/C=C/[13C]#[13C]C(CCCC(=O)OC)O[Si](C)(C)C(C)(C)C)O[Si](C)(C)C(C)(C)C. The molecule has 0 aliphatic carbocycles. The number of hydrogen-bond donors (Lipinski definition) is 0. The van der Waals surface area contributed by atoms with E-state index >= 15 is 0 Å². The van der Waals surface area contributed by atoms with Gasteiger partial charge in [-0.05, 0) is 74.4 Å². The van der Waals surface area contributed by atoms with E-state index in [1.165, 1.54) is 26.4 Å². The number of methoxy groups -OCH3 is 1. The molecule has 0 bridgehead atoms. The van der Waals surface area contributed by atoms with Gasteiger partial charge < -0.3 is 13.6 Å². The van der Waals surface area contributed by atoms with Gasteiger partial charge >= 0.3 is 5.97 Å². The molecule has 0 aromatic carbocycles. The summed E-state index contributed by atoms with van der Waals surface area (Å²) in [5.74, 6) is 6.29. The highest BCUT2D eigenvalue weighted by molar-refractivity contribution is 6.74. The Morgan fingerprint density at radius 3 is 2.05 bits per heavy atom. The maximum absolute atomic E-state index is 11.6. The average Bonchev–Trinajstić information content (AvgIpc) is 2.80. The Hall–Kier alpha value is -1.40. The molecular formula is C33H60O4Si2. The van der Waals surface area contributed by atoms with E-state index < -0.39 is 16.6 Å². The first-order chi connectivity index (χ1) is 18.0. The Bertz CT molecular complexity index is 846. The number of esters is 1. The molecule has 0 saturated carbocycles. The van der Waals surface area contributed by atoms with Crippen LogP contribution in [0, 0.1) is 11.8 Å². The minimum Gasteiger partial charge on any atom is -0.469 e. The molecule has 0 saturated heterocycles. The van der Waals surface area contributed by atoms with Crippen molar-refractivity contribution in [1.29, 1.82) is 0 Å². The van der Waals surface area contributed by atoms with Crippen molar-refractivity contribution >= 4 is 22.6 Å². The Labute approximate surface area is 244 Å². The van der Waals surface area contributed by atoms with Crippen LogP contribution in [0.15, 0.2) is 36.5 Å². The van der Waals surface area contributed by atoms with Gasteiger partial charge in [-0.25, -0.2) is 0 Å². The number of rotatable bonds is 16. The molecule has 2 atom stereocenters. The summed E-state index contributed by atoms with van der Waals surface area (Å²) in [4.78, 5) is 11.6. The minimum atomic E-state index is -1.98. The van der Waals surface area contributed by atoms with E-state index in [0.29, 0.717) is 19.3 Å². The van der Waals surface area contributed by atoms with Crippen molar-refractivity contribution in [2.45, 2.75) is 148 Å². The molecule has 0 heterocycles. The summed E-state index contributed by atoms with van der Waals surface area (Å²) >= 11 is 0. The molecule has 0 aromatic heterocycles. The summed E-state index contributed by atoms with van der Waals surface area (Å²) in [6, 6.07) is 0. The smallest absolute Gasteiger partial charge is 0.305 e. The van der Waals surface area contributed by atoms with Gasteiger partial charge in [-0.2, -0.15) is 0 Å². The Morgan fingerprint density at radius 1 is 0.872 bits per heavy atom. The van der Waals surface area contributed by atoms with Crippen LogP contribution < -0.4 is 0 Å². The highest BCUT2D eigenvalue weighted by atomic mass is 28.4. The van der Waals surface area contributed by atoms with Gasteiger partial charge in [0.05, 0.1) is 13.2 Å². The molecule has 4 nitrogen and oxygen atoms in total. The molecule has 0 amide bonds. The van der Waals surface area contributed by atoms with Crippen LogP contribution in [0.2, 0.25) is 36.3 Å². The topological polar surface area (TPSA) is 44.8 Å². The second kappa shape index (κ2) is 18.1. The van der Waals surface area contributed by atoms with Gasteiger partial charge in [0.2, 0.25) is 0 Å². The number of carbonyl (C=O) groups is 1. The molecule has 224 valence electrons. The Kier molecular flexibility index (Phi) is 17.5. The first-order valence-corrected chi connectivity index (χ1v) is 20.7. The van der Waals surface area contributed by atoms with E-state index in [-0.39, 0.29) is 28.3 Å². The van der Waals surface area contributed by atoms with Gasteiger partial charge in [0.15, 0.2) is 16.6 Å². The number of allylic oxidation sites excluding steroid dienone is 4. The third-order valence-corrected chi connectivity index (χ3v) is 16.9. The van der Waals surface area contributed by atoms with E-state index in [9.17, 15) is 4.79 Å². The molecule has 0 aliphatic rings. The number of carbonyl (C=O) groups excluding carboxylic acids is 1. The van der Waals surface area contributed by atoms with Crippen LogP contribution in [0.25, 0.3) is 0 Å². The van der Waals surface area contributed by atoms with Crippen molar-refractivity contribution in [2.24, 2.45) is 0 Å². The molecule has 2 unspecified atom stereocenters. The lowest BCUT2D eigenvalue weighted by molar-refractivity contribution is -0.140. The number of hydrogen-bond acceptors (Lipinski definition) is 4. The summed E-state index contributed by atoms with van der Waals surface area (Å²) in [5.41, 5.74) is 0. The molecule has 0 radical (unpaired) electrons. The molecule has 0 fully saturated rings. The van der Waals surface area contributed by atoms with Crippen LogP contribution in [0.4, 0.5) is 0 Å². The molecule has 39 heavy (non-hydrogen) atoms. The van der Waals surface area contributed by atoms with E-state index in [2.05, 4.69) is 111 Å². The van der Waals surface area contributed by atoms with Crippen LogP contribution in [0.1, 0.15) is 99.8 Å². The molecule has 6 heteroatoms.